The van der Waals surface area contributed by atoms with E-state index in [1.54, 1.807) is 12.4 Å². The average Bonchev–Trinajstić information content (AvgIpc) is 3.22. The van der Waals surface area contributed by atoms with Crippen LogP contribution >= 0.6 is 0 Å². The summed E-state index contributed by atoms with van der Waals surface area (Å²) in [4.78, 5) is 8.56. The van der Waals surface area contributed by atoms with Crippen LogP contribution in [0.5, 0.6) is 0 Å². The number of nitrogens with zero attached hydrogens (tertiary/aromatic N) is 4. The van der Waals surface area contributed by atoms with Crippen LogP contribution < -0.4 is 10.6 Å². The molecule has 1 saturated carbocycles. The van der Waals surface area contributed by atoms with Gasteiger partial charge in [-0.3, -0.25) is 4.98 Å². The van der Waals surface area contributed by atoms with Crippen molar-refractivity contribution in [3.63, 3.8) is 0 Å². The topological polar surface area (TPSA) is 75.6 Å². The molecule has 0 aliphatic heterocycles. The second-order valence-corrected chi connectivity index (χ2v) is 4.26. The van der Waals surface area contributed by atoms with Crippen LogP contribution in [-0.4, -0.2) is 26.2 Å². The van der Waals surface area contributed by atoms with Gasteiger partial charge in [0.25, 0.3) is 0 Å². The van der Waals surface area contributed by atoms with E-state index in [1.165, 1.54) is 12.8 Å². The van der Waals surface area contributed by atoms with E-state index in [-0.39, 0.29) is 0 Å². The second kappa shape index (κ2) is 4.95. The van der Waals surface area contributed by atoms with Gasteiger partial charge in [0.05, 0.1) is 18.4 Å². The minimum atomic E-state index is 0.520. The maximum Gasteiger partial charge on any atom is 0.245 e. The summed E-state index contributed by atoms with van der Waals surface area (Å²) in [7, 11) is 0. The third kappa shape index (κ3) is 2.91. The lowest BCUT2D eigenvalue weighted by atomic mass is 10.3. The van der Waals surface area contributed by atoms with Crippen LogP contribution in [0.25, 0.3) is 0 Å². The highest BCUT2D eigenvalue weighted by Gasteiger charge is 2.21. The average molecular weight is 242 g/mol. The lowest BCUT2D eigenvalue weighted by Gasteiger charge is -2.06. The molecule has 1 fully saturated rings. The van der Waals surface area contributed by atoms with Gasteiger partial charge in [-0.1, -0.05) is 6.07 Å². The van der Waals surface area contributed by atoms with Gasteiger partial charge in [-0.2, -0.15) is 10.1 Å². The number of aromatic nitrogens is 4. The molecule has 0 spiro atoms. The first-order valence-corrected chi connectivity index (χ1v) is 6.00. The minimum absolute atomic E-state index is 0.520. The molecule has 2 heterocycles. The summed E-state index contributed by atoms with van der Waals surface area (Å²) in [6, 6.07) is 6.35. The molecule has 6 heteroatoms. The molecular weight excluding hydrogens is 228 g/mol. The molecule has 0 bridgehead atoms. The lowest BCUT2D eigenvalue weighted by molar-refractivity contribution is 0.925. The van der Waals surface area contributed by atoms with Gasteiger partial charge in [-0.25, -0.2) is 0 Å². The van der Waals surface area contributed by atoms with Crippen LogP contribution in [-0.2, 0) is 6.54 Å². The monoisotopic (exact) mass is 242 g/mol. The fourth-order valence-corrected chi connectivity index (χ4v) is 1.56. The third-order valence-electron chi connectivity index (χ3n) is 2.64. The first-order valence-electron chi connectivity index (χ1n) is 6.00. The van der Waals surface area contributed by atoms with E-state index in [0.29, 0.717) is 18.5 Å². The Balaban J connectivity index is 1.61. The standard InChI is InChI=1S/C12H14N6/c1-2-6-13-10(3-1)7-14-12-17-11(8-15-18-12)16-9-4-5-9/h1-3,6,8-9H,4-5,7H2,(H2,14,16,17,18). The van der Waals surface area contributed by atoms with Gasteiger partial charge in [0.15, 0.2) is 5.82 Å². The van der Waals surface area contributed by atoms with Gasteiger partial charge >= 0.3 is 0 Å². The summed E-state index contributed by atoms with van der Waals surface area (Å²) < 4.78 is 0. The fraction of sp³-hybridized carbons (Fsp3) is 0.333. The highest BCUT2D eigenvalue weighted by atomic mass is 15.3. The summed E-state index contributed by atoms with van der Waals surface area (Å²) in [5.74, 6) is 1.29. The molecule has 0 atom stereocenters. The Hall–Kier alpha value is -2.24. The van der Waals surface area contributed by atoms with Crippen molar-refractivity contribution in [3.8, 4) is 0 Å². The molecule has 0 saturated heterocycles. The smallest absolute Gasteiger partial charge is 0.245 e. The number of hydrogen-bond acceptors (Lipinski definition) is 6. The SMILES string of the molecule is c1ccc(CNc2nncc(NC3CC3)n2)nc1. The Morgan fingerprint density at radius 3 is 3.00 bits per heavy atom. The van der Waals surface area contributed by atoms with Gasteiger partial charge in [0.1, 0.15) is 0 Å². The molecule has 2 N–H and O–H groups in total. The Morgan fingerprint density at radius 1 is 1.28 bits per heavy atom. The van der Waals surface area contributed by atoms with Crippen molar-refractivity contribution in [2.24, 2.45) is 0 Å². The highest BCUT2D eigenvalue weighted by molar-refractivity contribution is 5.39. The van der Waals surface area contributed by atoms with E-state index in [4.69, 9.17) is 0 Å². The Morgan fingerprint density at radius 2 is 2.22 bits per heavy atom. The molecule has 2 aromatic rings. The zero-order valence-electron chi connectivity index (χ0n) is 9.87. The van der Waals surface area contributed by atoms with E-state index < -0.39 is 0 Å². The number of hydrogen-bond donors (Lipinski definition) is 2. The van der Waals surface area contributed by atoms with Crippen molar-refractivity contribution in [2.75, 3.05) is 10.6 Å². The Labute approximate surface area is 105 Å². The van der Waals surface area contributed by atoms with Crippen molar-refractivity contribution < 1.29 is 0 Å². The van der Waals surface area contributed by atoms with Gasteiger partial charge in [0, 0.05) is 12.2 Å². The first-order chi connectivity index (χ1) is 8.90. The van der Waals surface area contributed by atoms with Crippen molar-refractivity contribution in [1.82, 2.24) is 20.2 Å². The number of rotatable bonds is 5. The molecule has 0 amide bonds. The van der Waals surface area contributed by atoms with Crippen LogP contribution in [0.15, 0.2) is 30.6 Å². The van der Waals surface area contributed by atoms with E-state index in [0.717, 1.165) is 11.5 Å². The zero-order chi connectivity index (χ0) is 12.2. The zero-order valence-corrected chi connectivity index (χ0v) is 9.87. The summed E-state index contributed by atoms with van der Waals surface area (Å²) in [5.41, 5.74) is 0.946. The van der Waals surface area contributed by atoms with E-state index >= 15 is 0 Å². The fourth-order valence-electron chi connectivity index (χ4n) is 1.56. The molecule has 1 aliphatic carbocycles. The summed E-state index contributed by atoms with van der Waals surface area (Å²) in [5, 5.41) is 14.3. The summed E-state index contributed by atoms with van der Waals surface area (Å²) >= 11 is 0. The first kappa shape index (κ1) is 10.9. The van der Waals surface area contributed by atoms with Crippen molar-refractivity contribution in [2.45, 2.75) is 25.4 Å². The van der Waals surface area contributed by atoms with Crippen LogP contribution in [0.1, 0.15) is 18.5 Å². The summed E-state index contributed by atoms with van der Waals surface area (Å²) in [6.45, 7) is 0.593. The van der Waals surface area contributed by atoms with Gasteiger partial charge in [-0.05, 0) is 25.0 Å². The predicted octanol–water partition coefficient (Wildman–Crippen LogP) is 1.45. The Bertz CT molecular complexity index is 511. The molecule has 92 valence electrons. The van der Waals surface area contributed by atoms with Crippen molar-refractivity contribution in [1.29, 1.82) is 0 Å². The van der Waals surface area contributed by atoms with E-state index in [9.17, 15) is 0 Å². The lowest BCUT2D eigenvalue weighted by Crippen LogP contribution is -2.09. The largest absolute Gasteiger partial charge is 0.366 e. The van der Waals surface area contributed by atoms with Crippen LogP contribution in [0.3, 0.4) is 0 Å². The molecule has 3 rings (SSSR count). The van der Waals surface area contributed by atoms with E-state index in [2.05, 4.69) is 30.8 Å². The third-order valence-corrected chi connectivity index (χ3v) is 2.64. The van der Waals surface area contributed by atoms with Crippen molar-refractivity contribution in [3.05, 3.63) is 36.3 Å². The minimum Gasteiger partial charge on any atom is -0.366 e. The van der Waals surface area contributed by atoms with Crippen LogP contribution in [0.2, 0.25) is 0 Å². The van der Waals surface area contributed by atoms with Crippen LogP contribution in [0.4, 0.5) is 11.8 Å². The normalized spacial score (nSPS) is 14.2. The van der Waals surface area contributed by atoms with Gasteiger partial charge in [0.2, 0.25) is 5.95 Å². The van der Waals surface area contributed by atoms with Crippen molar-refractivity contribution >= 4 is 11.8 Å². The summed E-state index contributed by atoms with van der Waals surface area (Å²) in [6.07, 6.45) is 5.83. The van der Waals surface area contributed by atoms with Gasteiger partial charge < -0.3 is 10.6 Å². The molecule has 0 unspecified atom stereocenters. The Kier molecular flexibility index (Phi) is 2.99. The molecule has 0 radical (unpaired) electrons. The number of pyridine rings is 1. The van der Waals surface area contributed by atoms with E-state index in [1.807, 2.05) is 18.2 Å². The number of nitrogens with one attached hydrogen (secondary N) is 2. The number of anilines is 2. The van der Waals surface area contributed by atoms with Gasteiger partial charge in [-0.15, -0.1) is 5.10 Å². The maximum absolute atomic E-state index is 4.34. The predicted molar refractivity (Wildman–Crippen MR) is 68.0 cm³/mol. The quantitative estimate of drug-likeness (QED) is 0.826. The molecule has 6 nitrogen and oxygen atoms in total. The maximum atomic E-state index is 4.34. The molecule has 1 aliphatic rings. The highest BCUT2D eigenvalue weighted by Crippen LogP contribution is 2.23. The molecule has 18 heavy (non-hydrogen) atoms. The molecule has 0 aromatic carbocycles. The molecule has 2 aromatic heterocycles. The van der Waals surface area contributed by atoms with Crippen LogP contribution in [0, 0.1) is 0 Å². The molecular formula is C12H14N6. The second-order valence-electron chi connectivity index (χ2n) is 4.26.